The van der Waals surface area contributed by atoms with E-state index in [4.69, 9.17) is 0 Å². The minimum atomic E-state index is 0.00123. The van der Waals surface area contributed by atoms with Gasteiger partial charge in [0.25, 0.3) is 5.91 Å². The number of anilines is 1. The number of rotatable bonds is 7. The number of aromatic hydroxyl groups is 1. The number of hydrogen-bond acceptors (Lipinski definition) is 6. The van der Waals surface area contributed by atoms with Crippen LogP contribution in [0.3, 0.4) is 0 Å². The second-order valence-electron chi connectivity index (χ2n) is 8.74. The van der Waals surface area contributed by atoms with Gasteiger partial charge in [-0.2, -0.15) is 9.78 Å². The molecule has 1 saturated heterocycles. The van der Waals surface area contributed by atoms with Gasteiger partial charge in [-0.1, -0.05) is 13.0 Å². The van der Waals surface area contributed by atoms with Gasteiger partial charge in [-0.25, -0.2) is 4.98 Å². The van der Waals surface area contributed by atoms with Gasteiger partial charge in [-0.05, 0) is 68.2 Å². The first kappa shape index (κ1) is 22.8. The Morgan fingerprint density at radius 1 is 1.24 bits per heavy atom. The summed E-state index contributed by atoms with van der Waals surface area (Å²) < 4.78 is 1.39. The molecule has 1 aliphatic heterocycles. The molecule has 0 aliphatic carbocycles. The summed E-state index contributed by atoms with van der Waals surface area (Å²) in [5.74, 6) is 0.991. The van der Waals surface area contributed by atoms with E-state index >= 15 is 0 Å². The van der Waals surface area contributed by atoms with E-state index < -0.39 is 0 Å². The molecule has 33 heavy (non-hydrogen) atoms. The summed E-state index contributed by atoms with van der Waals surface area (Å²) in [4.78, 5) is 21.5. The normalized spacial score (nSPS) is 15.9. The fraction of sp³-hybridized carbons (Fsp3) is 0.400. The van der Waals surface area contributed by atoms with Gasteiger partial charge >= 0.3 is 0 Å². The van der Waals surface area contributed by atoms with E-state index in [2.05, 4.69) is 34.3 Å². The lowest BCUT2D eigenvalue weighted by molar-refractivity contribution is 0.0784. The second-order valence-corrected chi connectivity index (χ2v) is 8.74. The van der Waals surface area contributed by atoms with Gasteiger partial charge in [0.2, 0.25) is 5.88 Å². The van der Waals surface area contributed by atoms with E-state index in [0.717, 1.165) is 49.4 Å². The molecule has 0 bridgehead atoms. The lowest BCUT2D eigenvalue weighted by Crippen LogP contribution is -2.31. The molecule has 3 aromatic rings. The molecule has 1 amide bonds. The third-order valence-electron chi connectivity index (χ3n) is 6.44. The van der Waals surface area contributed by atoms with E-state index in [0.29, 0.717) is 22.9 Å². The monoisotopic (exact) mass is 448 g/mol. The Kier molecular flexibility index (Phi) is 6.65. The molecule has 2 N–H and O–H groups in total. The molecule has 4 rings (SSSR count). The second kappa shape index (κ2) is 9.62. The third kappa shape index (κ3) is 4.71. The fourth-order valence-corrected chi connectivity index (χ4v) is 4.38. The van der Waals surface area contributed by atoms with Crippen LogP contribution in [0.25, 0.3) is 16.9 Å². The van der Waals surface area contributed by atoms with Crippen LogP contribution in [0.5, 0.6) is 5.88 Å². The summed E-state index contributed by atoms with van der Waals surface area (Å²) in [7, 11) is 3.99. The first-order valence-corrected chi connectivity index (χ1v) is 11.4. The van der Waals surface area contributed by atoms with Crippen molar-refractivity contribution in [2.75, 3.05) is 45.6 Å². The van der Waals surface area contributed by atoms with Crippen LogP contribution in [0.4, 0.5) is 5.69 Å². The number of carbonyl (C=O) groups excluding carboxylic acids is 1. The van der Waals surface area contributed by atoms with Crippen LogP contribution in [0, 0.1) is 12.8 Å². The zero-order valence-corrected chi connectivity index (χ0v) is 19.7. The maximum Gasteiger partial charge on any atom is 0.255 e. The SMILES string of the molecule is CCN(C)CC1CCN(C(=O)c2ccc(-n3ncc(-c4ccc(NC)cc4C)c3O)nc2)C1. The number of aromatic nitrogens is 3. The van der Waals surface area contributed by atoms with Gasteiger partial charge in [-0.3, -0.25) is 4.79 Å². The van der Waals surface area contributed by atoms with Crippen LogP contribution in [0.2, 0.25) is 0 Å². The van der Waals surface area contributed by atoms with E-state index in [-0.39, 0.29) is 11.8 Å². The Balaban J connectivity index is 1.49. The highest BCUT2D eigenvalue weighted by atomic mass is 16.3. The number of hydrogen-bond donors (Lipinski definition) is 2. The predicted octanol–water partition coefficient (Wildman–Crippen LogP) is 3.40. The summed E-state index contributed by atoms with van der Waals surface area (Å²) in [6.45, 7) is 7.72. The predicted molar refractivity (Wildman–Crippen MR) is 130 cm³/mol. The molecule has 174 valence electrons. The average Bonchev–Trinajstić information content (AvgIpc) is 3.45. The summed E-state index contributed by atoms with van der Waals surface area (Å²) >= 11 is 0. The average molecular weight is 449 g/mol. The summed E-state index contributed by atoms with van der Waals surface area (Å²) in [6, 6.07) is 9.41. The smallest absolute Gasteiger partial charge is 0.255 e. The van der Waals surface area contributed by atoms with Gasteiger partial charge in [0.15, 0.2) is 5.82 Å². The number of aryl methyl sites for hydroxylation is 1. The summed E-state index contributed by atoms with van der Waals surface area (Å²) in [5, 5.41) is 18.3. The lowest BCUT2D eigenvalue weighted by atomic mass is 10.0. The van der Waals surface area contributed by atoms with Gasteiger partial charge < -0.3 is 20.2 Å². The van der Waals surface area contributed by atoms with Crippen LogP contribution >= 0.6 is 0 Å². The molecular weight excluding hydrogens is 416 g/mol. The van der Waals surface area contributed by atoms with Gasteiger partial charge in [0.05, 0.1) is 17.3 Å². The van der Waals surface area contributed by atoms with E-state index in [1.165, 1.54) is 4.68 Å². The van der Waals surface area contributed by atoms with Gasteiger partial charge in [0, 0.05) is 38.6 Å². The summed E-state index contributed by atoms with van der Waals surface area (Å²) in [5.41, 5.74) is 4.12. The molecule has 0 radical (unpaired) electrons. The fourth-order valence-electron chi connectivity index (χ4n) is 4.38. The molecule has 8 nitrogen and oxygen atoms in total. The zero-order chi connectivity index (χ0) is 23.5. The van der Waals surface area contributed by atoms with E-state index in [1.54, 1.807) is 24.5 Å². The lowest BCUT2D eigenvalue weighted by Gasteiger charge is -2.20. The molecule has 3 heterocycles. The standard InChI is InChI=1S/C25H32N6O2/c1-5-29(4)15-18-10-11-30(16-18)24(32)19-6-9-23(27-13-19)31-25(33)22(14-28-31)21-8-7-20(26-3)12-17(21)2/h6-9,12-14,18,26,33H,5,10-11,15-16H2,1-4H3. The van der Waals surface area contributed by atoms with E-state index in [1.807, 2.05) is 37.1 Å². The van der Waals surface area contributed by atoms with E-state index in [9.17, 15) is 9.90 Å². The molecule has 1 aliphatic rings. The Morgan fingerprint density at radius 2 is 2.06 bits per heavy atom. The molecule has 1 atom stereocenters. The molecule has 1 unspecified atom stereocenters. The first-order chi connectivity index (χ1) is 15.9. The molecule has 1 aromatic carbocycles. The van der Waals surface area contributed by atoms with Crippen molar-refractivity contribution in [2.24, 2.45) is 5.92 Å². The topological polar surface area (TPSA) is 86.5 Å². The van der Waals surface area contributed by atoms with Crippen molar-refractivity contribution in [1.29, 1.82) is 0 Å². The molecule has 0 spiro atoms. The highest BCUT2D eigenvalue weighted by Gasteiger charge is 2.27. The molecular formula is C25H32N6O2. The van der Waals surface area contributed by atoms with Crippen molar-refractivity contribution in [3.8, 4) is 22.8 Å². The molecule has 2 aromatic heterocycles. The number of carbonyl (C=O) groups is 1. The maximum absolute atomic E-state index is 12.9. The highest BCUT2D eigenvalue weighted by Crippen LogP contribution is 2.33. The van der Waals surface area contributed by atoms with Crippen LogP contribution in [0.15, 0.2) is 42.7 Å². The molecule has 1 fully saturated rings. The van der Waals surface area contributed by atoms with Crippen molar-refractivity contribution >= 4 is 11.6 Å². The van der Waals surface area contributed by atoms with Crippen LogP contribution in [-0.2, 0) is 0 Å². The van der Waals surface area contributed by atoms with Crippen molar-refractivity contribution < 1.29 is 9.90 Å². The number of nitrogens with zero attached hydrogens (tertiary/aromatic N) is 5. The molecule has 0 saturated carbocycles. The van der Waals surface area contributed by atoms with Crippen LogP contribution in [0.1, 0.15) is 29.3 Å². The van der Waals surface area contributed by atoms with Crippen molar-refractivity contribution in [1.82, 2.24) is 24.6 Å². The number of amides is 1. The van der Waals surface area contributed by atoms with Crippen molar-refractivity contribution in [3.05, 3.63) is 53.9 Å². The van der Waals surface area contributed by atoms with Gasteiger partial charge in [0.1, 0.15) is 0 Å². The maximum atomic E-state index is 12.9. The number of likely N-dealkylation sites (tertiary alicyclic amines) is 1. The van der Waals surface area contributed by atoms with Crippen LogP contribution < -0.4 is 5.32 Å². The minimum Gasteiger partial charge on any atom is -0.493 e. The van der Waals surface area contributed by atoms with Crippen LogP contribution in [-0.4, -0.2) is 75.9 Å². The van der Waals surface area contributed by atoms with Crippen molar-refractivity contribution in [3.63, 3.8) is 0 Å². The minimum absolute atomic E-state index is 0.00123. The van der Waals surface area contributed by atoms with Crippen molar-refractivity contribution in [2.45, 2.75) is 20.3 Å². The zero-order valence-electron chi connectivity index (χ0n) is 19.7. The number of nitrogens with one attached hydrogen (secondary N) is 1. The highest BCUT2D eigenvalue weighted by molar-refractivity contribution is 5.94. The largest absolute Gasteiger partial charge is 0.493 e. The number of benzene rings is 1. The first-order valence-electron chi connectivity index (χ1n) is 11.4. The Morgan fingerprint density at radius 3 is 2.73 bits per heavy atom. The molecule has 8 heteroatoms. The Bertz CT molecular complexity index is 1120. The summed E-state index contributed by atoms with van der Waals surface area (Å²) in [6.07, 6.45) is 4.23. The Labute approximate surface area is 194 Å². The van der Waals surface area contributed by atoms with Gasteiger partial charge in [-0.15, -0.1) is 0 Å². The number of pyridine rings is 1. The Hall–Kier alpha value is -3.39. The third-order valence-corrected chi connectivity index (χ3v) is 6.44. The quantitative estimate of drug-likeness (QED) is 0.576.